The topological polar surface area (TPSA) is 78.5 Å². The molecule has 1 saturated heterocycles. The molecule has 1 aromatic heterocycles. The van der Waals surface area contributed by atoms with Gasteiger partial charge in [0.15, 0.2) is 0 Å². The van der Waals surface area contributed by atoms with E-state index in [0.717, 1.165) is 38.5 Å². The number of nitrogens with one attached hydrogen (secondary N) is 1. The van der Waals surface area contributed by atoms with Crippen LogP contribution in [0, 0.1) is 17.8 Å². The summed E-state index contributed by atoms with van der Waals surface area (Å²) in [6.07, 6.45) is 4.95. The number of H-pyrrole nitrogens is 1. The molecule has 7 nitrogen and oxygen atoms in total. The molecule has 3 fully saturated rings. The summed E-state index contributed by atoms with van der Waals surface area (Å²) in [6.45, 7) is 2.41. The van der Waals surface area contributed by atoms with E-state index in [4.69, 9.17) is 4.74 Å². The van der Waals surface area contributed by atoms with Crippen molar-refractivity contribution < 1.29 is 9.53 Å². The molecule has 142 valence electrons. The Kier molecular flexibility index (Phi) is 4.84. The van der Waals surface area contributed by atoms with Crippen LogP contribution in [0.2, 0.25) is 0 Å². The SMILES string of the molecule is CN(C)[C@@H]1C[C@@H]2CN(C(=O)c3ccc(=O)[nH]n3)C[C@@H]2C[C@H]1OCC1CC1. The molecule has 1 N–H and O–H groups in total. The number of rotatable bonds is 5. The van der Waals surface area contributed by atoms with Gasteiger partial charge in [0.2, 0.25) is 0 Å². The molecule has 26 heavy (non-hydrogen) atoms. The van der Waals surface area contributed by atoms with E-state index >= 15 is 0 Å². The molecule has 3 aliphatic rings. The van der Waals surface area contributed by atoms with E-state index < -0.39 is 0 Å². The highest BCUT2D eigenvalue weighted by Crippen LogP contribution is 2.40. The van der Waals surface area contributed by atoms with E-state index in [9.17, 15) is 9.59 Å². The average molecular weight is 360 g/mol. The van der Waals surface area contributed by atoms with Crippen molar-refractivity contribution in [3.8, 4) is 0 Å². The molecule has 4 atom stereocenters. The number of likely N-dealkylation sites (tertiary alicyclic amines) is 1. The Morgan fingerprint density at radius 2 is 2.00 bits per heavy atom. The molecule has 1 aromatic rings. The zero-order valence-corrected chi connectivity index (χ0v) is 15.6. The first-order chi connectivity index (χ1) is 12.5. The smallest absolute Gasteiger partial charge is 0.274 e. The minimum absolute atomic E-state index is 0.0903. The molecule has 7 heteroatoms. The van der Waals surface area contributed by atoms with Gasteiger partial charge in [0.1, 0.15) is 5.69 Å². The summed E-state index contributed by atoms with van der Waals surface area (Å²) in [5.74, 6) is 1.67. The second-order valence-corrected chi connectivity index (χ2v) is 8.35. The number of nitrogens with zero attached hydrogens (tertiary/aromatic N) is 3. The van der Waals surface area contributed by atoms with Crippen LogP contribution in [0.1, 0.15) is 36.2 Å². The summed E-state index contributed by atoms with van der Waals surface area (Å²) >= 11 is 0. The quantitative estimate of drug-likeness (QED) is 0.847. The number of carbonyl (C=O) groups excluding carboxylic acids is 1. The molecule has 1 amide bonds. The van der Waals surface area contributed by atoms with Crippen molar-refractivity contribution in [1.29, 1.82) is 0 Å². The van der Waals surface area contributed by atoms with Gasteiger partial charge in [0.25, 0.3) is 11.5 Å². The maximum Gasteiger partial charge on any atom is 0.274 e. The Labute approximate surface area is 153 Å². The molecule has 2 heterocycles. The van der Waals surface area contributed by atoms with Crippen LogP contribution in [-0.4, -0.2) is 71.8 Å². The number of aromatic amines is 1. The van der Waals surface area contributed by atoms with Crippen LogP contribution in [-0.2, 0) is 4.74 Å². The fourth-order valence-electron chi connectivity index (χ4n) is 4.45. The molecular formula is C19H28N4O3. The van der Waals surface area contributed by atoms with E-state index in [0.29, 0.717) is 23.6 Å². The van der Waals surface area contributed by atoms with Gasteiger partial charge in [-0.3, -0.25) is 9.59 Å². The van der Waals surface area contributed by atoms with E-state index in [2.05, 4.69) is 29.2 Å². The maximum atomic E-state index is 12.7. The van der Waals surface area contributed by atoms with Gasteiger partial charge in [-0.2, -0.15) is 5.10 Å². The van der Waals surface area contributed by atoms with E-state index in [1.54, 1.807) is 0 Å². The molecule has 0 unspecified atom stereocenters. The van der Waals surface area contributed by atoms with Crippen molar-refractivity contribution in [2.24, 2.45) is 17.8 Å². The second kappa shape index (κ2) is 7.12. The highest BCUT2D eigenvalue weighted by atomic mass is 16.5. The fraction of sp³-hybridized carbons (Fsp3) is 0.737. The van der Waals surface area contributed by atoms with Gasteiger partial charge < -0.3 is 14.5 Å². The number of likely N-dealkylation sites (N-methyl/N-ethyl adjacent to an activating group) is 1. The number of hydrogen-bond donors (Lipinski definition) is 1. The van der Waals surface area contributed by atoms with Gasteiger partial charge in [-0.1, -0.05) is 0 Å². The normalized spacial score (nSPS) is 31.3. The Morgan fingerprint density at radius 3 is 2.62 bits per heavy atom. The highest BCUT2D eigenvalue weighted by Gasteiger charge is 2.45. The van der Waals surface area contributed by atoms with Gasteiger partial charge in [0, 0.05) is 31.8 Å². The molecule has 0 bridgehead atoms. The third-order valence-electron chi connectivity index (χ3n) is 6.18. The predicted molar refractivity (Wildman–Crippen MR) is 96.9 cm³/mol. The first kappa shape index (κ1) is 17.7. The van der Waals surface area contributed by atoms with Crippen molar-refractivity contribution in [1.82, 2.24) is 20.0 Å². The lowest BCUT2D eigenvalue weighted by molar-refractivity contribution is -0.0493. The number of aromatic nitrogens is 2. The van der Waals surface area contributed by atoms with Crippen LogP contribution < -0.4 is 5.56 Å². The van der Waals surface area contributed by atoms with Gasteiger partial charge in [-0.15, -0.1) is 0 Å². The standard InChI is InChI=1S/C19H28N4O3/c1-22(2)16-7-13-9-23(19(25)15-5-6-18(24)21-20-15)10-14(13)8-17(16)26-11-12-3-4-12/h5-6,12-14,16-17H,3-4,7-11H2,1-2H3,(H,21,24)/t13-,14+,16-,17-/m1/s1. The van der Waals surface area contributed by atoms with Crippen molar-refractivity contribution in [3.05, 3.63) is 28.2 Å². The Bertz CT molecular complexity index is 694. The van der Waals surface area contributed by atoms with Gasteiger partial charge in [-0.25, -0.2) is 5.10 Å². The van der Waals surface area contributed by atoms with Gasteiger partial charge >= 0.3 is 0 Å². The number of carbonyl (C=O) groups is 1. The first-order valence-electron chi connectivity index (χ1n) is 9.64. The van der Waals surface area contributed by atoms with Crippen molar-refractivity contribution in [2.45, 2.75) is 37.8 Å². The molecule has 2 saturated carbocycles. The van der Waals surface area contributed by atoms with E-state index in [1.165, 1.54) is 25.0 Å². The summed E-state index contributed by atoms with van der Waals surface area (Å²) in [5, 5.41) is 6.24. The summed E-state index contributed by atoms with van der Waals surface area (Å²) in [4.78, 5) is 28.1. The first-order valence-corrected chi connectivity index (χ1v) is 9.64. The lowest BCUT2D eigenvalue weighted by Crippen LogP contribution is -2.48. The number of ether oxygens (including phenoxy) is 1. The number of hydrogen-bond acceptors (Lipinski definition) is 5. The molecule has 0 spiro atoms. The van der Waals surface area contributed by atoms with Crippen molar-refractivity contribution in [2.75, 3.05) is 33.8 Å². The molecule has 4 rings (SSSR count). The van der Waals surface area contributed by atoms with Crippen LogP contribution >= 0.6 is 0 Å². The minimum Gasteiger partial charge on any atom is -0.376 e. The summed E-state index contributed by atoms with van der Waals surface area (Å²) in [7, 11) is 4.25. The third-order valence-corrected chi connectivity index (χ3v) is 6.18. The highest BCUT2D eigenvalue weighted by molar-refractivity contribution is 5.92. The summed E-state index contributed by atoms with van der Waals surface area (Å²) in [5.41, 5.74) is 0.0232. The van der Waals surface area contributed by atoms with Crippen LogP contribution in [0.25, 0.3) is 0 Å². The van der Waals surface area contributed by atoms with Crippen molar-refractivity contribution in [3.63, 3.8) is 0 Å². The van der Waals surface area contributed by atoms with E-state index in [-0.39, 0.29) is 17.6 Å². The number of amides is 1. The fourth-order valence-corrected chi connectivity index (χ4v) is 4.45. The lowest BCUT2D eigenvalue weighted by atomic mass is 9.77. The molecule has 0 radical (unpaired) electrons. The maximum absolute atomic E-state index is 12.7. The van der Waals surface area contributed by atoms with Crippen LogP contribution in [0.5, 0.6) is 0 Å². The van der Waals surface area contributed by atoms with E-state index in [1.807, 2.05) is 4.90 Å². The Balaban J connectivity index is 1.42. The van der Waals surface area contributed by atoms with Crippen LogP contribution in [0.4, 0.5) is 0 Å². The Hall–Kier alpha value is -1.73. The van der Waals surface area contributed by atoms with Gasteiger partial charge in [0.05, 0.1) is 6.10 Å². The average Bonchev–Trinajstić information content (AvgIpc) is 3.36. The molecular weight excluding hydrogens is 332 g/mol. The molecule has 0 aromatic carbocycles. The zero-order chi connectivity index (χ0) is 18.3. The third kappa shape index (κ3) is 3.69. The van der Waals surface area contributed by atoms with Crippen molar-refractivity contribution >= 4 is 5.91 Å². The molecule has 1 aliphatic heterocycles. The monoisotopic (exact) mass is 360 g/mol. The largest absolute Gasteiger partial charge is 0.376 e. The molecule has 2 aliphatic carbocycles. The van der Waals surface area contributed by atoms with Crippen LogP contribution in [0.3, 0.4) is 0 Å². The summed E-state index contributed by atoms with van der Waals surface area (Å²) < 4.78 is 6.29. The second-order valence-electron chi connectivity index (χ2n) is 8.35. The van der Waals surface area contributed by atoms with Crippen LogP contribution in [0.15, 0.2) is 16.9 Å². The Morgan fingerprint density at radius 1 is 1.27 bits per heavy atom. The minimum atomic E-state index is -0.291. The predicted octanol–water partition coefficient (Wildman–Crippen LogP) is 0.977. The summed E-state index contributed by atoms with van der Waals surface area (Å²) in [6, 6.07) is 3.27. The lowest BCUT2D eigenvalue weighted by Gasteiger charge is -2.41. The zero-order valence-electron chi connectivity index (χ0n) is 15.6. The van der Waals surface area contributed by atoms with Gasteiger partial charge in [-0.05, 0) is 63.6 Å². The number of fused-ring (bicyclic) bond motifs is 1.